The van der Waals surface area contributed by atoms with Gasteiger partial charge in [-0.25, -0.2) is 0 Å². The SMILES string of the molecule is CCc1ccc(CN(C)C(=O)CN2CCOCC2)cc1. The summed E-state index contributed by atoms with van der Waals surface area (Å²) in [5, 5.41) is 0. The van der Waals surface area contributed by atoms with Crippen molar-refractivity contribution in [3.05, 3.63) is 35.4 Å². The molecule has 0 spiro atoms. The second-order valence-electron chi connectivity index (χ2n) is 5.31. The molecule has 110 valence electrons. The van der Waals surface area contributed by atoms with Crippen LogP contribution in [0, 0.1) is 0 Å². The van der Waals surface area contributed by atoms with E-state index < -0.39 is 0 Å². The Hall–Kier alpha value is -1.39. The molecule has 1 heterocycles. The number of likely N-dealkylation sites (N-methyl/N-ethyl adjacent to an activating group) is 1. The maximum Gasteiger partial charge on any atom is 0.236 e. The molecule has 1 aromatic rings. The fourth-order valence-corrected chi connectivity index (χ4v) is 2.31. The van der Waals surface area contributed by atoms with Crippen molar-refractivity contribution >= 4 is 5.91 Å². The summed E-state index contributed by atoms with van der Waals surface area (Å²) in [5.74, 6) is 0.173. The first-order valence-electron chi connectivity index (χ1n) is 7.31. The largest absolute Gasteiger partial charge is 0.379 e. The van der Waals surface area contributed by atoms with E-state index in [0.29, 0.717) is 13.1 Å². The van der Waals surface area contributed by atoms with Crippen LogP contribution in [0.2, 0.25) is 0 Å². The van der Waals surface area contributed by atoms with Gasteiger partial charge in [-0.3, -0.25) is 9.69 Å². The van der Waals surface area contributed by atoms with Crippen LogP contribution >= 0.6 is 0 Å². The molecule has 2 rings (SSSR count). The Balaban J connectivity index is 1.83. The number of benzene rings is 1. The molecule has 0 unspecified atom stereocenters. The highest BCUT2D eigenvalue weighted by Gasteiger charge is 2.16. The van der Waals surface area contributed by atoms with Gasteiger partial charge in [-0.2, -0.15) is 0 Å². The molecule has 1 aromatic carbocycles. The van der Waals surface area contributed by atoms with Crippen molar-refractivity contribution in [3.63, 3.8) is 0 Å². The Kier molecular flexibility index (Phi) is 5.56. The van der Waals surface area contributed by atoms with Gasteiger partial charge in [0.2, 0.25) is 5.91 Å². The molecule has 0 bridgehead atoms. The zero-order valence-corrected chi connectivity index (χ0v) is 12.5. The van der Waals surface area contributed by atoms with E-state index >= 15 is 0 Å². The molecule has 1 aliphatic rings. The molecule has 0 radical (unpaired) electrons. The molecule has 1 saturated heterocycles. The number of morpholine rings is 1. The number of carbonyl (C=O) groups is 1. The third kappa shape index (κ3) is 4.32. The van der Waals surface area contributed by atoms with Gasteiger partial charge in [-0.15, -0.1) is 0 Å². The summed E-state index contributed by atoms with van der Waals surface area (Å²) in [6.07, 6.45) is 1.05. The number of hydrogen-bond donors (Lipinski definition) is 0. The predicted molar refractivity (Wildman–Crippen MR) is 79.6 cm³/mol. The third-order valence-electron chi connectivity index (χ3n) is 3.74. The third-order valence-corrected chi connectivity index (χ3v) is 3.74. The van der Waals surface area contributed by atoms with Gasteiger partial charge in [0.15, 0.2) is 0 Å². The molecular weight excluding hydrogens is 252 g/mol. The number of amides is 1. The van der Waals surface area contributed by atoms with Crippen molar-refractivity contribution < 1.29 is 9.53 Å². The van der Waals surface area contributed by atoms with Gasteiger partial charge in [-0.1, -0.05) is 31.2 Å². The maximum atomic E-state index is 12.2. The van der Waals surface area contributed by atoms with Gasteiger partial charge in [0.25, 0.3) is 0 Å². The van der Waals surface area contributed by atoms with Crippen LogP contribution in [0.5, 0.6) is 0 Å². The maximum absolute atomic E-state index is 12.2. The minimum atomic E-state index is 0.173. The highest BCUT2D eigenvalue weighted by molar-refractivity contribution is 5.78. The van der Waals surface area contributed by atoms with E-state index in [1.165, 1.54) is 11.1 Å². The van der Waals surface area contributed by atoms with E-state index in [9.17, 15) is 4.79 Å². The summed E-state index contributed by atoms with van der Waals surface area (Å²) in [4.78, 5) is 16.1. The zero-order chi connectivity index (χ0) is 14.4. The molecule has 1 fully saturated rings. The van der Waals surface area contributed by atoms with Crippen LogP contribution in [0.3, 0.4) is 0 Å². The summed E-state index contributed by atoms with van der Waals surface area (Å²) in [5.41, 5.74) is 2.51. The van der Waals surface area contributed by atoms with E-state index in [2.05, 4.69) is 36.1 Å². The summed E-state index contributed by atoms with van der Waals surface area (Å²) in [7, 11) is 1.87. The molecule has 0 saturated carbocycles. The van der Waals surface area contributed by atoms with Gasteiger partial charge in [-0.05, 0) is 17.5 Å². The summed E-state index contributed by atoms with van der Waals surface area (Å²) >= 11 is 0. The molecule has 0 aliphatic carbocycles. The molecular formula is C16H24N2O2. The van der Waals surface area contributed by atoms with Crippen LogP contribution in [0.15, 0.2) is 24.3 Å². The molecule has 0 aromatic heterocycles. The van der Waals surface area contributed by atoms with E-state index in [-0.39, 0.29) is 5.91 Å². The quantitative estimate of drug-likeness (QED) is 0.818. The lowest BCUT2D eigenvalue weighted by Crippen LogP contribution is -2.43. The molecule has 4 heteroatoms. The fraction of sp³-hybridized carbons (Fsp3) is 0.562. The normalized spacial score (nSPS) is 16.1. The Morgan fingerprint density at radius 1 is 1.20 bits per heavy atom. The van der Waals surface area contributed by atoms with Gasteiger partial charge in [0, 0.05) is 26.7 Å². The Morgan fingerprint density at radius 3 is 2.40 bits per heavy atom. The number of nitrogens with zero attached hydrogens (tertiary/aromatic N) is 2. The molecule has 0 atom stereocenters. The topological polar surface area (TPSA) is 32.8 Å². The summed E-state index contributed by atoms with van der Waals surface area (Å²) < 4.78 is 5.29. The molecule has 20 heavy (non-hydrogen) atoms. The zero-order valence-electron chi connectivity index (χ0n) is 12.5. The lowest BCUT2D eigenvalue weighted by Gasteiger charge is -2.28. The molecule has 1 aliphatic heterocycles. The molecule has 1 amide bonds. The Morgan fingerprint density at radius 2 is 1.80 bits per heavy atom. The smallest absolute Gasteiger partial charge is 0.236 e. The predicted octanol–water partition coefficient (Wildman–Crippen LogP) is 1.54. The monoisotopic (exact) mass is 276 g/mol. The number of ether oxygens (including phenoxy) is 1. The standard InChI is InChI=1S/C16H24N2O2/c1-3-14-4-6-15(7-5-14)12-17(2)16(19)13-18-8-10-20-11-9-18/h4-7H,3,8-13H2,1-2H3. The minimum Gasteiger partial charge on any atom is -0.379 e. The van der Waals surface area contributed by atoms with Gasteiger partial charge in [0.05, 0.1) is 19.8 Å². The Labute approximate surface area is 121 Å². The summed E-state index contributed by atoms with van der Waals surface area (Å²) in [6.45, 7) is 6.48. The molecule has 4 nitrogen and oxygen atoms in total. The van der Waals surface area contributed by atoms with E-state index in [1.54, 1.807) is 4.90 Å². The molecule has 0 N–H and O–H groups in total. The lowest BCUT2D eigenvalue weighted by atomic mass is 10.1. The van der Waals surface area contributed by atoms with Gasteiger partial charge in [0.1, 0.15) is 0 Å². The van der Waals surface area contributed by atoms with E-state index in [4.69, 9.17) is 4.74 Å². The Bertz CT molecular complexity index is 425. The van der Waals surface area contributed by atoms with Crippen LogP contribution < -0.4 is 0 Å². The average molecular weight is 276 g/mol. The number of rotatable bonds is 5. The average Bonchev–Trinajstić information content (AvgIpc) is 2.49. The fourth-order valence-electron chi connectivity index (χ4n) is 2.31. The second-order valence-corrected chi connectivity index (χ2v) is 5.31. The lowest BCUT2D eigenvalue weighted by molar-refractivity contribution is -0.132. The van der Waals surface area contributed by atoms with Crippen molar-refractivity contribution in [3.8, 4) is 0 Å². The first-order valence-corrected chi connectivity index (χ1v) is 7.31. The van der Waals surface area contributed by atoms with Crippen LogP contribution in [0.4, 0.5) is 0 Å². The summed E-state index contributed by atoms with van der Waals surface area (Å²) in [6, 6.07) is 8.49. The minimum absolute atomic E-state index is 0.173. The van der Waals surface area contributed by atoms with Crippen LogP contribution in [0.1, 0.15) is 18.1 Å². The van der Waals surface area contributed by atoms with E-state index in [1.807, 2.05) is 7.05 Å². The second kappa shape index (κ2) is 7.41. The first-order chi connectivity index (χ1) is 9.69. The number of carbonyl (C=O) groups excluding carboxylic acids is 1. The van der Waals surface area contributed by atoms with Crippen molar-refractivity contribution in [1.82, 2.24) is 9.80 Å². The number of hydrogen-bond acceptors (Lipinski definition) is 3. The number of aryl methyl sites for hydroxylation is 1. The first kappa shape index (κ1) is 15.0. The van der Waals surface area contributed by atoms with Crippen LogP contribution in [-0.2, 0) is 22.5 Å². The van der Waals surface area contributed by atoms with Crippen molar-refractivity contribution in [1.29, 1.82) is 0 Å². The van der Waals surface area contributed by atoms with Gasteiger partial charge >= 0.3 is 0 Å². The van der Waals surface area contributed by atoms with Gasteiger partial charge < -0.3 is 9.64 Å². The van der Waals surface area contributed by atoms with E-state index in [0.717, 1.165) is 32.7 Å². The van der Waals surface area contributed by atoms with Crippen LogP contribution in [-0.4, -0.2) is 55.6 Å². The van der Waals surface area contributed by atoms with Crippen molar-refractivity contribution in [2.75, 3.05) is 39.9 Å². The van der Waals surface area contributed by atoms with Crippen molar-refractivity contribution in [2.24, 2.45) is 0 Å². The van der Waals surface area contributed by atoms with Crippen LogP contribution in [0.25, 0.3) is 0 Å². The highest BCUT2D eigenvalue weighted by atomic mass is 16.5. The highest BCUT2D eigenvalue weighted by Crippen LogP contribution is 2.08. The van der Waals surface area contributed by atoms with Crippen molar-refractivity contribution in [2.45, 2.75) is 19.9 Å².